The summed E-state index contributed by atoms with van der Waals surface area (Å²) in [5, 5.41) is 7.53. The fraction of sp³-hybridized carbons (Fsp3) is 0.118. The molecule has 0 aromatic heterocycles. The maximum atomic E-state index is 11.4. The third-order valence-electron chi connectivity index (χ3n) is 3.47. The average molecular weight is 375 g/mol. The molecule has 1 atom stereocenters. The Morgan fingerprint density at radius 1 is 1.08 bits per heavy atom. The van der Waals surface area contributed by atoms with E-state index >= 15 is 0 Å². The third-order valence-corrected chi connectivity index (χ3v) is 5.09. The zero-order valence-corrected chi connectivity index (χ0v) is 14.8. The first-order valence-corrected chi connectivity index (χ1v) is 9.64. The van der Waals surface area contributed by atoms with Gasteiger partial charge in [0.1, 0.15) is 11.5 Å². The van der Waals surface area contributed by atoms with E-state index in [0.29, 0.717) is 22.3 Å². The minimum atomic E-state index is -3.11. The quantitative estimate of drug-likeness (QED) is 0.559. The molecule has 8 heteroatoms. The summed E-state index contributed by atoms with van der Waals surface area (Å²) in [5.74, 6) is 1.39. The molecular weight excluding hydrogens is 358 g/mol. The molecule has 6 nitrogen and oxygen atoms in total. The summed E-state index contributed by atoms with van der Waals surface area (Å²) >= 11 is 5.20. The standard InChI is InChI=1S/C17H17N3O3S2/c18-12-1-5-15(6-2-12)23-16-7-3-13(4-8-16)19-17(24)20-14-9-10-25(21,22)11-14/h1-10,14H,11,18H2,(H2,19,20,24). The van der Waals surface area contributed by atoms with E-state index in [1.54, 1.807) is 42.5 Å². The molecule has 1 heterocycles. The van der Waals surface area contributed by atoms with Gasteiger partial charge in [-0.3, -0.25) is 0 Å². The smallest absolute Gasteiger partial charge is 0.173 e. The minimum Gasteiger partial charge on any atom is -0.457 e. The number of nitrogens with one attached hydrogen (secondary N) is 2. The first kappa shape index (κ1) is 17.2. The number of sulfone groups is 1. The van der Waals surface area contributed by atoms with Crippen LogP contribution in [0.3, 0.4) is 0 Å². The lowest BCUT2D eigenvalue weighted by atomic mass is 10.3. The molecule has 0 saturated heterocycles. The molecule has 25 heavy (non-hydrogen) atoms. The summed E-state index contributed by atoms with van der Waals surface area (Å²) in [6, 6.07) is 14.1. The van der Waals surface area contributed by atoms with Gasteiger partial charge in [-0.1, -0.05) is 0 Å². The maximum absolute atomic E-state index is 11.4. The Morgan fingerprint density at radius 3 is 2.24 bits per heavy atom. The molecule has 4 N–H and O–H groups in total. The fourth-order valence-electron chi connectivity index (χ4n) is 2.28. The van der Waals surface area contributed by atoms with Gasteiger partial charge in [0, 0.05) is 16.8 Å². The topological polar surface area (TPSA) is 93.4 Å². The maximum Gasteiger partial charge on any atom is 0.173 e. The number of rotatable bonds is 4. The predicted octanol–water partition coefficient (Wildman–Crippen LogP) is 2.66. The lowest BCUT2D eigenvalue weighted by Crippen LogP contribution is -2.38. The van der Waals surface area contributed by atoms with Gasteiger partial charge in [0.05, 0.1) is 11.8 Å². The molecule has 0 spiro atoms. The summed E-state index contributed by atoms with van der Waals surface area (Å²) in [5.41, 5.74) is 7.09. The second-order valence-electron chi connectivity index (χ2n) is 5.56. The van der Waals surface area contributed by atoms with E-state index in [2.05, 4.69) is 10.6 Å². The zero-order valence-electron chi connectivity index (χ0n) is 13.2. The highest BCUT2D eigenvalue weighted by Crippen LogP contribution is 2.23. The molecule has 1 unspecified atom stereocenters. The fourth-order valence-corrected chi connectivity index (χ4v) is 3.78. The van der Waals surface area contributed by atoms with Crippen molar-refractivity contribution in [3.63, 3.8) is 0 Å². The van der Waals surface area contributed by atoms with Crippen LogP contribution in [0.4, 0.5) is 11.4 Å². The number of nitrogen functional groups attached to an aromatic ring is 1. The zero-order chi connectivity index (χ0) is 17.9. The van der Waals surface area contributed by atoms with Gasteiger partial charge in [-0.05, 0) is 66.8 Å². The number of benzene rings is 2. The largest absolute Gasteiger partial charge is 0.457 e. The molecule has 0 aliphatic carbocycles. The van der Waals surface area contributed by atoms with Gasteiger partial charge >= 0.3 is 0 Å². The highest BCUT2D eigenvalue weighted by Gasteiger charge is 2.21. The third kappa shape index (κ3) is 4.94. The molecule has 0 bridgehead atoms. The monoisotopic (exact) mass is 375 g/mol. The van der Waals surface area contributed by atoms with Crippen LogP contribution < -0.4 is 21.1 Å². The normalized spacial score (nSPS) is 17.8. The molecule has 2 aromatic carbocycles. The number of thiocarbonyl (C=S) groups is 1. The van der Waals surface area contributed by atoms with Gasteiger partial charge in [-0.15, -0.1) is 0 Å². The Morgan fingerprint density at radius 2 is 1.68 bits per heavy atom. The Bertz CT molecular complexity index is 892. The molecule has 2 aromatic rings. The second-order valence-corrected chi connectivity index (χ2v) is 7.90. The van der Waals surface area contributed by atoms with E-state index in [1.807, 2.05) is 12.1 Å². The highest BCUT2D eigenvalue weighted by atomic mass is 32.2. The van der Waals surface area contributed by atoms with Crippen LogP contribution in [-0.2, 0) is 9.84 Å². The van der Waals surface area contributed by atoms with Crippen molar-refractivity contribution in [2.75, 3.05) is 16.8 Å². The Kier molecular flexibility index (Phi) is 4.91. The van der Waals surface area contributed by atoms with Crippen LogP contribution in [-0.4, -0.2) is 25.3 Å². The highest BCUT2D eigenvalue weighted by molar-refractivity contribution is 7.94. The molecule has 0 radical (unpaired) electrons. The first-order valence-electron chi connectivity index (χ1n) is 7.52. The van der Waals surface area contributed by atoms with Crippen LogP contribution in [0, 0.1) is 0 Å². The van der Waals surface area contributed by atoms with E-state index in [-0.39, 0.29) is 11.8 Å². The van der Waals surface area contributed by atoms with E-state index in [4.69, 9.17) is 22.7 Å². The van der Waals surface area contributed by atoms with E-state index < -0.39 is 9.84 Å². The van der Waals surface area contributed by atoms with E-state index in [1.165, 1.54) is 5.41 Å². The number of hydrogen-bond acceptors (Lipinski definition) is 5. The van der Waals surface area contributed by atoms with E-state index in [9.17, 15) is 8.42 Å². The minimum absolute atomic E-state index is 0.0171. The van der Waals surface area contributed by atoms with Gasteiger partial charge in [-0.2, -0.15) is 0 Å². The SMILES string of the molecule is Nc1ccc(Oc2ccc(NC(=S)NC3C=CS(=O)(=O)C3)cc2)cc1. The summed E-state index contributed by atoms with van der Waals surface area (Å²) in [7, 11) is -3.11. The van der Waals surface area contributed by atoms with Crippen molar-refractivity contribution in [2.24, 2.45) is 0 Å². The number of nitrogens with two attached hydrogens (primary N) is 1. The summed E-state index contributed by atoms with van der Waals surface area (Å²) in [6.45, 7) is 0. The Balaban J connectivity index is 1.54. The number of anilines is 2. The van der Waals surface area contributed by atoms with Crippen molar-refractivity contribution in [2.45, 2.75) is 6.04 Å². The number of hydrogen-bond donors (Lipinski definition) is 3. The summed E-state index contributed by atoms with van der Waals surface area (Å²) < 4.78 is 28.5. The van der Waals surface area contributed by atoms with Crippen molar-refractivity contribution < 1.29 is 13.2 Å². The number of ether oxygens (including phenoxy) is 1. The van der Waals surface area contributed by atoms with Crippen LogP contribution in [0.25, 0.3) is 0 Å². The van der Waals surface area contributed by atoms with Crippen molar-refractivity contribution in [3.8, 4) is 11.5 Å². The molecule has 0 amide bonds. The summed E-state index contributed by atoms with van der Waals surface area (Å²) in [6.07, 6.45) is 1.59. The molecule has 1 aliphatic heterocycles. The van der Waals surface area contributed by atoms with E-state index in [0.717, 1.165) is 5.69 Å². The Labute approximate surface area is 151 Å². The van der Waals surface area contributed by atoms with Crippen LogP contribution in [0.2, 0.25) is 0 Å². The molecule has 0 fully saturated rings. The molecule has 0 saturated carbocycles. The van der Waals surface area contributed by atoms with Gasteiger partial charge in [0.2, 0.25) is 0 Å². The van der Waals surface area contributed by atoms with Gasteiger partial charge in [0.25, 0.3) is 0 Å². The van der Waals surface area contributed by atoms with Crippen LogP contribution in [0.15, 0.2) is 60.0 Å². The first-order chi connectivity index (χ1) is 11.9. The second kappa shape index (κ2) is 7.12. The lowest BCUT2D eigenvalue weighted by molar-refractivity contribution is 0.483. The van der Waals surface area contributed by atoms with Crippen molar-refractivity contribution >= 4 is 38.5 Å². The molecule has 1 aliphatic rings. The molecular formula is C17H17N3O3S2. The van der Waals surface area contributed by atoms with Crippen LogP contribution in [0.1, 0.15) is 0 Å². The van der Waals surface area contributed by atoms with Crippen LogP contribution >= 0.6 is 12.2 Å². The average Bonchev–Trinajstić information content (AvgIpc) is 2.90. The van der Waals surface area contributed by atoms with Crippen molar-refractivity contribution in [1.82, 2.24) is 5.32 Å². The van der Waals surface area contributed by atoms with Gasteiger partial charge in [0.15, 0.2) is 14.9 Å². The van der Waals surface area contributed by atoms with Gasteiger partial charge < -0.3 is 21.1 Å². The lowest BCUT2D eigenvalue weighted by Gasteiger charge is -2.14. The summed E-state index contributed by atoms with van der Waals surface area (Å²) in [4.78, 5) is 0. The van der Waals surface area contributed by atoms with Gasteiger partial charge in [-0.25, -0.2) is 8.42 Å². The Hall–Kier alpha value is -2.58. The van der Waals surface area contributed by atoms with Crippen molar-refractivity contribution in [1.29, 1.82) is 0 Å². The van der Waals surface area contributed by atoms with Crippen LogP contribution in [0.5, 0.6) is 11.5 Å². The molecule has 130 valence electrons. The predicted molar refractivity (Wildman–Crippen MR) is 103 cm³/mol. The van der Waals surface area contributed by atoms with Crippen molar-refractivity contribution in [3.05, 3.63) is 60.0 Å². The molecule has 3 rings (SSSR count).